The fourth-order valence-electron chi connectivity index (χ4n) is 2.82. The Morgan fingerprint density at radius 3 is 2.75 bits per heavy atom. The minimum absolute atomic E-state index is 0.178. The van der Waals surface area contributed by atoms with Gasteiger partial charge >= 0.3 is 6.03 Å². The standard InChI is InChI=1S/C18H17N5O/c24-18(22-16-12-14(16)13-6-2-1-3-7-13)21-15-8-4-9-19-17(15)23-11-5-10-20-23/h1-11,14,16H,12H2,(H2,21,22,24)/t14-,16+/m1/s1. The van der Waals surface area contributed by atoms with Crippen LogP contribution in [0.5, 0.6) is 0 Å². The van der Waals surface area contributed by atoms with Crippen LogP contribution < -0.4 is 10.6 Å². The molecule has 3 aromatic rings. The minimum atomic E-state index is -0.222. The average molecular weight is 319 g/mol. The Morgan fingerprint density at radius 2 is 1.96 bits per heavy atom. The highest BCUT2D eigenvalue weighted by Crippen LogP contribution is 2.40. The second-order valence-electron chi connectivity index (χ2n) is 5.78. The van der Waals surface area contributed by atoms with Crippen LogP contribution in [0.3, 0.4) is 0 Å². The summed E-state index contributed by atoms with van der Waals surface area (Å²) < 4.78 is 1.62. The number of hydrogen-bond acceptors (Lipinski definition) is 3. The summed E-state index contributed by atoms with van der Waals surface area (Å²) >= 11 is 0. The van der Waals surface area contributed by atoms with Crippen LogP contribution in [0.15, 0.2) is 67.1 Å². The zero-order chi connectivity index (χ0) is 16.4. The molecule has 1 aliphatic rings. The van der Waals surface area contributed by atoms with Crippen LogP contribution >= 0.6 is 0 Å². The number of pyridine rings is 1. The number of anilines is 1. The highest BCUT2D eigenvalue weighted by Gasteiger charge is 2.39. The number of rotatable bonds is 4. The summed E-state index contributed by atoms with van der Waals surface area (Å²) in [6.45, 7) is 0. The van der Waals surface area contributed by atoms with Crippen molar-refractivity contribution in [1.29, 1.82) is 0 Å². The van der Waals surface area contributed by atoms with Gasteiger partial charge in [0.05, 0.1) is 5.69 Å². The molecule has 6 heteroatoms. The number of carbonyl (C=O) groups is 1. The molecule has 4 rings (SSSR count). The van der Waals surface area contributed by atoms with Gasteiger partial charge in [-0.3, -0.25) is 0 Å². The molecule has 2 N–H and O–H groups in total. The predicted octanol–water partition coefficient (Wildman–Crippen LogP) is 2.94. The molecule has 2 aromatic heterocycles. The monoisotopic (exact) mass is 319 g/mol. The number of urea groups is 1. The van der Waals surface area contributed by atoms with Crippen molar-refractivity contribution in [1.82, 2.24) is 20.1 Å². The van der Waals surface area contributed by atoms with Crippen molar-refractivity contribution in [2.45, 2.75) is 18.4 Å². The third-order valence-electron chi connectivity index (χ3n) is 4.09. The number of benzene rings is 1. The summed E-state index contributed by atoms with van der Waals surface area (Å²) in [7, 11) is 0. The van der Waals surface area contributed by atoms with Gasteiger partial charge in [0, 0.05) is 30.6 Å². The van der Waals surface area contributed by atoms with E-state index in [-0.39, 0.29) is 12.1 Å². The van der Waals surface area contributed by atoms with Gasteiger partial charge in [0.1, 0.15) is 0 Å². The highest BCUT2D eigenvalue weighted by molar-refractivity contribution is 5.91. The summed E-state index contributed by atoms with van der Waals surface area (Å²) in [5.41, 5.74) is 1.89. The maximum absolute atomic E-state index is 12.3. The third-order valence-corrected chi connectivity index (χ3v) is 4.09. The lowest BCUT2D eigenvalue weighted by Crippen LogP contribution is -2.31. The molecule has 1 fully saturated rings. The van der Waals surface area contributed by atoms with Gasteiger partial charge in [-0.15, -0.1) is 0 Å². The number of nitrogens with one attached hydrogen (secondary N) is 2. The topological polar surface area (TPSA) is 71.8 Å². The van der Waals surface area contributed by atoms with Crippen LogP contribution in [0.4, 0.5) is 10.5 Å². The zero-order valence-corrected chi connectivity index (χ0v) is 13.0. The van der Waals surface area contributed by atoms with Gasteiger partial charge in [-0.2, -0.15) is 5.10 Å². The lowest BCUT2D eigenvalue weighted by molar-refractivity contribution is 0.251. The molecule has 0 aliphatic heterocycles. The van der Waals surface area contributed by atoms with Crippen LogP contribution in [0, 0.1) is 0 Å². The molecule has 0 unspecified atom stereocenters. The van der Waals surface area contributed by atoms with Crippen molar-refractivity contribution in [3.8, 4) is 5.82 Å². The van der Waals surface area contributed by atoms with E-state index in [1.165, 1.54) is 5.56 Å². The Hall–Kier alpha value is -3.15. The van der Waals surface area contributed by atoms with E-state index < -0.39 is 0 Å². The maximum atomic E-state index is 12.3. The summed E-state index contributed by atoms with van der Waals surface area (Å²) in [4.78, 5) is 16.6. The van der Waals surface area contributed by atoms with E-state index in [9.17, 15) is 4.79 Å². The van der Waals surface area contributed by atoms with Crippen molar-refractivity contribution in [3.05, 3.63) is 72.7 Å². The molecule has 0 spiro atoms. The molecule has 1 aliphatic carbocycles. The lowest BCUT2D eigenvalue weighted by Gasteiger charge is -2.11. The first-order valence-corrected chi connectivity index (χ1v) is 7.89. The Bertz CT molecular complexity index is 832. The molecule has 2 atom stereocenters. The van der Waals surface area contributed by atoms with Crippen LogP contribution in [0.25, 0.3) is 5.82 Å². The number of nitrogens with zero attached hydrogens (tertiary/aromatic N) is 3. The number of amides is 2. The van der Waals surface area contributed by atoms with E-state index in [2.05, 4.69) is 32.8 Å². The van der Waals surface area contributed by atoms with Crippen molar-refractivity contribution in [2.24, 2.45) is 0 Å². The van der Waals surface area contributed by atoms with E-state index >= 15 is 0 Å². The van der Waals surface area contributed by atoms with E-state index in [0.29, 0.717) is 17.4 Å². The third kappa shape index (κ3) is 2.99. The van der Waals surface area contributed by atoms with Gasteiger partial charge in [-0.05, 0) is 30.2 Å². The zero-order valence-electron chi connectivity index (χ0n) is 13.0. The predicted molar refractivity (Wildman–Crippen MR) is 91.1 cm³/mol. The summed E-state index contributed by atoms with van der Waals surface area (Å²) in [5, 5.41) is 10.0. The van der Waals surface area contributed by atoms with Crippen molar-refractivity contribution >= 4 is 11.7 Å². The molecule has 24 heavy (non-hydrogen) atoms. The first-order chi connectivity index (χ1) is 11.8. The van der Waals surface area contributed by atoms with Crippen LogP contribution in [-0.4, -0.2) is 26.8 Å². The average Bonchev–Trinajstić information content (AvgIpc) is 3.15. The SMILES string of the molecule is O=C(Nc1cccnc1-n1cccn1)N[C@H]1C[C@@H]1c1ccccc1. The lowest BCUT2D eigenvalue weighted by atomic mass is 10.1. The summed E-state index contributed by atoms with van der Waals surface area (Å²) in [6.07, 6.45) is 6.10. The molecular formula is C18H17N5O. The Morgan fingerprint density at radius 1 is 1.08 bits per heavy atom. The second-order valence-corrected chi connectivity index (χ2v) is 5.78. The molecule has 120 valence electrons. The van der Waals surface area contributed by atoms with Gasteiger partial charge in [-0.1, -0.05) is 30.3 Å². The quantitative estimate of drug-likeness (QED) is 0.776. The summed E-state index contributed by atoms with van der Waals surface area (Å²) in [5.74, 6) is 0.990. The minimum Gasteiger partial charge on any atom is -0.334 e. The van der Waals surface area contributed by atoms with Crippen molar-refractivity contribution in [3.63, 3.8) is 0 Å². The molecule has 1 aromatic carbocycles. The fourth-order valence-corrected chi connectivity index (χ4v) is 2.82. The molecule has 6 nitrogen and oxygen atoms in total. The number of carbonyl (C=O) groups excluding carboxylic acids is 1. The Balaban J connectivity index is 1.41. The van der Waals surface area contributed by atoms with E-state index in [4.69, 9.17) is 0 Å². The van der Waals surface area contributed by atoms with Crippen LogP contribution in [-0.2, 0) is 0 Å². The molecular weight excluding hydrogens is 302 g/mol. The molecule has 2 amide bonds. The Labute approximate surface area is 139 Å². The fraction of sp³-hybridized carbons (Fsp3) is 0.167. The van der Waals surface area contributed by atoms with Gasteiger partial charge in [-0.25, -0.2) is 14.5 Å². The van der Waals surface area contributed by atoms with Gasteiger partial charge in [0.15, 0.2) is 5.82 Å². The first-order valence-electron chi connectivity index (χ1n) is 7.89. The molecule has 2 heterocycles. The number of aromatic nitrogens is 3. The maximum Gasteiger partial charge on any atom is 0.319 e. The van der Waals surface area contributed by atoms with Crippen LogP contribution in [0.2, 0.25) is 0 Å². The second kappa shape index (κ2) is 6.16. The normalized spacial score (nSPS) is 18.8. The molecule has 0 bridgehead atoms. The smallest absolute Gasteiger partial charge is 0.319 e. The first kappa shape index (κ1) is 14.4. The van der Waals surface area contributed by atoms with Crippen LogP contribution in [0.1, 0.15) is 17.9 Å². The van der Waals surface area contributed by atoms with Gasteiger partial charge in [0.2, 0.25) is 0 Å². The largest absolute Gasteiger partial charge is 0.334 e. The molecule has 1 saturated carbocycles. The summed E-state index contributed by atoms with van der Waals surface area (Å²) in [6, 6.07) is 15.6. The van der Waals surface area contributed by atoms with E-state index in [1.807, 2.05) is 30.3 Å². The van der Waals surface area contributed by atoms with Gasteiger partial charge in [0.25, 0.3) is 0 Å². The molecule has 0 radical (unpaired) electrons. The van der Waals surface area contributed by atoms with Crippen molar-refractivity contribution in [2.75, 3.05) is 5.32 Å². The van der Waals surface area contributed by atoms with Crippen molar-refractivity contribution < 1.29 is 4.79 Å². The molecule has 0 saturated heterocycles. The Kier molecular flexibility index (Phi) is 3.70. The van der Waals surface area contributed by atoms with Gasteiger partial charge < -0.3 is 10.6 Å². The van der Waals surface area contributed by atoms with E-state index in [1.54, 1.807) is 29.3 Å². The number of hydrogen-bond donors (Lipinski definition) is 2. The highest BCUT2D eigenvalue weighted by atomic mass is 16.2. The van der Waals surface area contributed by atoms with E-state index in [0.717, 1.165) is 6.42 Å².